The van der Waals surface area contributed by atoms with Gasteiger partial charge in [-0.25, -0.2) is 4.79 Å². The van der Waals surface area contributed by atoms with Crippen LogP contribution in [0.15, 0.2) is 43.0 Å². The van der Waals surface area contributed by atoms with Crippen molar-refractivity contribution in [3.05, 3.63) is 48.6 Å². The standard InChI is InChI=1S/C13H15NO3/c1-3-9-17-13(16)10(2)14-12(15)11-7-5-4-6-8-11/h3-8,10H,1,9H2,2H3,(H,14,15). The summed E-state index contributed by atoms with van der Waals surface area (Å²) < 4.78 is 4.82. The largest absolute Gasteiger partial charge is 0.460 e. The van der Waals surface area contributed by atoms with Crippen LogP contribution in [0.5, 0.6) is 0 Å². The quantitative estimate of drug-likeness (QED) is 0.620. The topological polar surface area (TPSA) is 55.4 Å². The van der Waals surface area contributed by atoms with E-state index in [0.717, 1.165) is 0 Å². The minimum Gasteiger partial charge on any atom is -0.460 e. The molecule has 0 bridgehead atoms. The Labute approximate surface area is 100 Å². The molecule has 0 saturated heterocycles. The van der Waals surface area contributed by atoms with Gasteiger partial charge in [0.1, 0.15) is 12.6 Å². The van der Waals surface area contributed by atoms with Crippen molar-refractivity contribution < 1.29 is 14.3 Å². The van der Waals surface area contributed by atoms with Crippen molar-refractivity contribution in [2.75, 3.05) is 6.61 Å². The van der Waals surface area contributed by atoms with Crippen LogP contribution in [0, 0.1) is 0 Å². The van der Waals surface area contributed by atoms with Gasteiger partial charge in [0.2, 0.25) is 0 Å². The number of carbonyl (C=O) groups is 2. The van der Waals surface area contributed by atoms with E-state index in [1.165, 1.54) is 6.08 Å². The molecule has 1 unspecified atom stereocenters. The predicted octanol–water partition coefficient (Wildman–Crippen LogP) is 1.53. The van der Waals surface area contributed by atoms with Crippen molar-refractivity contribution in [1.82, 2.24) is 5.32 Å². The number of nitrogens with one attached hydrogen (secondary N) is 1. The maximum Gasteiger partial charge on any atom is 0.328 e. The summed E-state index contributed by atoms with van der Waals surface area (Å²) in [5.74, 6) is -0.775. The number of hydrogen-bond donors (Lipinski definition) is 1. The van der Waals surface area contributed by atoms with E-state index in [0.29, 0.717) is 5.56 Å². The van der Waals surface area contributed by atoms with Crippen LogP contribution in [0.2, 0.25) is 0 Å². The fourth-order valence-electron chi connectivity index (χ4n) is 1.19. The molecular weight excluding hydrogens is 218 g/mol. The van der Waals surface area contributed by atoms with Crippen LogP contribution < -0.4 is 5.32 Å². The third-order valence-electron chi connectivity index (χ3n) is 2.08. The van der Waals surface area contributed by atoms with Gasteiger partial charge < -0.3 is 10.1 Å². The lowest BCUT2D eigenvalue weighted by Gasteiger charge is -2.12. The van der Waals surface area contributed by atoms with Crippen LogP contribution in [0.25, 0.3) is 0 Å². The maximum absolute atomic E-state index is 11.7. The molecule has 0 aliphatic heterocycles. The SMILES string of the molecule is C=CCOC(=O)C(C)NC(=O)c1ccccc1. The van der Waals surface area contributed by atoms with E-state index in [1.807, 2.05) is 6.07 Å². The van der Waals surface area contributed by atoms with Crippen LogP contribution in [-0.2, 0) is 9.53 Å². The molecule has 1 rings (SSSR count). The molecule has 4 heteroatoms. The first kappa shape index (κ1) is 13.0. The highest BCUT2D eigenvalue weighted by atomic mass is 16.5. The average molecular weight is 233 g/mol. The summed E-state index contributed by atoms with van der Waals surface area (Å²) in [6, 6.07) is 8.01. The first-order valence-corrected chi connectivity index (χ1v) is 5.28. The molecule has 0 aliphatic carbocycles. The summed E-state index contributed by atoms with van der Waals surface area (Å²) in [6.07, 6.45) is 1.48. The highest BCUT2D eigenvalue weighted by Crippen LogP contribution is 1.99. The molecule has 0 saturated carbocycles. The fraction of sp³-hybridized carbons (Fsp3) is 0.231. The molecule has 0 spiro atoms. The molecule has 0 aromatic heterocycles. The Morgan fingerprint density at radius 1 is 1.41 bits per heavy atom. The van der Waals surface area contributed by atoms with Gasteiger partial charge in [0, 0.05) is 5.56 Å². The fourth-order valence-corrected chi connectivity index (χ4v) is 1.19. The second-order valence-corrected chi connectivity index (χ2v) is 3.48. The smallest absolute Gasteiger partial charge is 0.328 e. The zero-order valence-corrected chi connectivity index (χ0v) is 9.68. The molecule has 1 aromatic rings. The lowest BCUT2D eigenvalue weighted by molar-refractivity contribution is -0.144. The number of carbonyl (C=O) groups excluding carboxylic acids is 2. The van der Waals surface area contributed by atoms with Crippen molar-refractivity contribution in [3.63, 3.8) is 0 Å². The molecule has 4 nitrogen and oxygen atoms in total. The Morgan fingerprint density at radius 2 is 2.06 bits per heavy atom. The van der Waals surface area contributed by atoms with E-state index in [1.54, 1.807) is 31.2 Å². The van der Waals surface area contributed by atoms with Crippen LogP contribution in [0.3, 0.4) is 0 Å². The number of hydrogen-bond acceptors (Lipinski definition) is 3. The number of ether oxygens (including phenoxy) is 1. The molecule has 0 aliphatic rings. The maximum atomic E-state index is 11.7. The Kier molecular flexibility index (Phi) is 4.94. The molecular formula is C13H15NO3. The van der Waals surface area contributed by atoms with Crippen molar-refractivity contribution in [2.24, 2.45) is 0 Å². The van der Waals surface area contributed by atoms with Crippen molar-refractivity contribution in [1.29, 1.82) is 0 Å². The summed E-state index contributed by atoms with van der Waals surface area (Å²) in [7, 11) is 0. The molecule has 1 N–H and O–H groups in total. The zero-order chi connectivity index (χ0) is 12.7. The normalized spacial score (nSPS) is 11.4. The summed E-state index contributed by atoms with van der Waals surface area (Å²) >= 11 is 0. The van der Waals surface area contributed by atoms with Gasteiger partial charge in [-0.2, -0.15) is 0 Å². The molecule has 1 atom stereocenters. The molecule has 90 valence electrons. The van der Waals surface area contributed by atoms with Crippen LogP contribution in [-0.4, -0.2) is 24.5 Å². The van der Waals surface area contributed by atoms with Gasteiger partial charge in [0.05, 0.1) is 0 Å². The van der Waals surface area contributed by atoms with Gasteiger partial charge in [-0.05, 0) is 19.1 Å². The molecule has 1 amide bonds. The third-order valence-corrected chi connectivity index (χ3v) is 2.08. The van der Waals surface area contributed by atoms with Crippen LogP contribution in [0.1, 0.15) is 17.3 Å². The Morgan fingerprint density at radius 3 is 2.65 bits per heavy atom. The lowest BCUT2D eigenvalue weighted by Crippen LogP contribution is -2.39. The van der Waals surface area contributed by atoms with Gasteiger partial charge in [-0.3, -0.25) is 4.79 Å². The molecule has 0 fully saturated rings. The Hall–Kier alpha value is -2.10. The van der Waals surface area contributed by atoms with Crippen LogP contribution >= 0.6 is 0 Å². The lowest BCUT2D eigenvalue weighted by atomic mass is 10.2. The minimum atomic E-state index is -0.678. The molecule has 17 heavy (non-hydrogen) atoms. The molecule has 1 aromatic carbocycles. The number of amides is 1. The monoisotopic (exact) mass is 233 g/mol. The van der Waals surface area contributed by atoms with Gasteiger partial charge in [-0.1, -0.05) is 30.9 Å². The Balaban J connectivity index is 2.51. The number of rotatable bonds is 5. The van der Waals surface area contributed by atoms with Gasteiger partial charge in [0.25, 0.3) is 5.91 Å². The van der Waals surface area contributed by atoms with E-state index in [9.17, 15) is 9.59 Å². The summed E-state index contributed by atoms with van der Waals surface area (Å²) in [5.41, 5.74) is 0.510. The summed E-state index contributed by atoms with van der Waals surface area (Å²) in [4.78, 5) is 23.1. The Bertz CT molecular complexity index is 400. The second-order valence-electron chi connectivity index (χ2n) is 3.48. The second kappa shape index (κ2) is 6.48. The van der Waals surface area contributed by atoms with Gasteiger partial charge in [0.15, 0.2) is 0 Å². The molecule has 0 heterocycles. The molecule has 0 radical (unpaired) electrons. The van der Waals surface area contributed by atoms with E-state index >= 15 is 0 Å². The van der Waals surface area contributed by atoms with Crippen molar-refractivity contribution in [3.8, 4) is 0 Å². The third kappa shape index (κ3) is 4.10. The summed E-state index contributed by atoms with van der Waals surface area (Å²) in [5, 5.41) is 2.56. The van der Waals surface area contributed by atoms with E-state index in [-0.39, 0.29) is 12.5 Å². The van der Waals surface area contributed by atoms with E-state index in [4.69, 9.17) is 4.74 Å². The minimum absolute atomic E-state index is 0.143. The van der Waals surface area contributed by atoms with Crippen LogP contribution in [0.4, 0.5) is 0 Å². The van der Waals surface area contributed by atoms with Gasteiger partial charge >= 0.3 is 5.97 Å². The number of esters is 1. The highest BCUT2D eigenvalue weighted by molar-refractivity contribution is 5.96. The van der Waals surface area contributed by atoms with Crippen molar-refractivity contribution >= 4 is 11.9 Å². The first-order chi connectivity index (χ1) is 8.15. The van der Waals surface area contributed by atoms with Crippen molar-refractivity contribution in [2.45, 2.75) is 13.0 Å². The summed E-state index contributed by atoms with van der Waals surface area (Å²) in [6.45, 7) is 5.15. The van der Waals surface area contributed by atoms with Gasteiger partial charge in [-0.15, -0.1) is 0 Å². The zero-order valence-electron chi connectivity index (χ0n) is 9.68. The number of benzene rings is 1. The van der Waals surface area contributed by atoms with E-state index in [2.05, 4.69) is 11.9 Å². The average Bonchev–Trinajstić information content (AvgIpc) is 2.36. The highest BCUT2D eigenvalue weighted by Gasteiger charge is 2.17. The van der Waals surface area contributed by atoms with E-state index < -0.39 is 12.0 Å². The first-order valence-electron chi connectivity index (χ1n) is 5.28. The predicted molar refractivity (Wildman–Crippen MR) is 64.5 cm³/mol.